The topological polar surface area (TPSA) is 114 Å². The summed E-state index contributed by atoms with van der Waals surface area (Å²) in [7, 11) is 0. The molecule has 0 radical (unpaired) electrons. The van der Waals surface area contributed by atoms with Crippen molar-refractivity contribution in [3.05, 3.63) is 34.4 Å². The molecule has 8 nitrogen and oxygen atoms in total. The summed E-state index contributed by atoms with van der Waals surface area (Å²) in [6, 6.07) is 4.33. The van der Waals surface area contributed by atoms with Gasteiger partial charge in [-0.2, -0.15) is 0 Å². The Labute approximate surface area is 204 Å². The Bertz CT molecular complexity index is 942. The summed E-state index contributed by atoms with van der Waals surface area (Å²) in [4.78, 5) is 47.1. The van der Waals surface area contributed by atoms with E-state index >= 15 is 0 Å². The van der Waals surface area contributed by atoms with Gasteiger partial charge in [0.05, 0.1) is 18.2 Å². The van der Waals surface area contributed by atoms with Gasteiger partial charge in [0.1, 0.15) is 18.6 Å². The van der Waals surface area contributed by atoms with Gasteiger partial charge in [0.2, 0.25) is 11.8 Å². The maximum atomic E-state index is 12.3. The standard InChI is InChI=1S/C19H20ClN3O5.C6H12/c20-14-1-2-16-12(6-14)5-13(10-28-16)19(27)22-8-17(25)23-15(9-24)7-11-3-4-21-18(11)26;1-6-4-2-3-5-6/h1-2,5-6,9,11,15H,3-4,7-8,10H2,(H,21,26)(H,22,27)(H,23,25);6H,2-5H2,1H3. The van der Waals surface area contributed by atoms with E-state index in [9.17, 15) is 19.2 Å². The highest BCUT2D eigenvalue weighted by atomic mass is 35.5. The zero-order valence-corrected chi connectivity index (χ0v) is 20.2. The van der Waals surface area contributed by atoms with Gasteiger partial charge in [-0.3, -0.25) is 14.4 Å². The van der Waals surface area contributed by atoms with Crippen LogP contribution < -0.4 is 20.7 Å². The van der Waals surface area contributed by atoms with Crippen molar-refractivity contribution in [2.75, 3.05) is 19.7 Å². The Kier molecular flexibility index (Phi) is 9.51. The summed E-state index contributed by atoms with van der Waals surface area (Å²) in [6.45, 7) is 2.70. The van der Waals surface area contributed by atoms with Crippen LogP contribution >= 0.6 is 11.6 Å². The third-order valence-corrected chi connectivity index (χ3v) is 6.48. The second-order valence-corrected chi connectivity index (χ2v) is 9.47. The highest BCUT2D eigenvalue weighted by Gasteiger charge is 2.28. The van der Waals surface area contributed by atoms with E-state index in [2.05, 4.69) is 22.9 Å². The first kappa shape index (κ1) is 25.7. The summed E-state index contributed by atoms with van der Waals surface area (Å²) < 4.78 is 5.51. The fourth-order valence-electron chi connectivity index (χ4n) is 4.27. The zero-order valence-electron chi connectivity index (χ0n) is 19.4. The maximum Gasteiger partial charge on any atom is 0.251 e. The molecule has 184 valence electrons. The molecule has 4 rings (SSSR count). The average molecular weight is 490 g/mol. The van der Waals surface area contributed by atoms with Gasteiger partial charge >= 0.3 is 0 Å². The van der Waals surface area contributed by atoms with E-state index in [1.54, 1.807) is 24.3 Å². The molecule has 1 aromatic carbocycles. The second-order valence-electron chi connectivity index (χ2n) is 9.04. The molecule has 3 N–H and O–H groups in total. The van der Waals surface area contributed by atoms with Gasteiger partial charge in [-0.25, -0.2) is 0 Å². The summed E-state index contributed by atoms with van der Waals surface area (Å²) in [5.74, 6) is 0.317. The van der Waals surface area contributed by atoms with Crippen LogP contribution in [0.3, 0.4) is 0 Å². The molecule has 1 saturated heterocycles. The number of halogens is 1. The molecule has 3 aliphatic rings. The van der Waals surface area contributed by atoms with Gasteiger partial charge in [0.15, 0.2) is 0 Å². The van der Waals surface area contributed by atoms with Crippen LogP contribution in [0.1, 0.15) is 51.0 Å². The minimum atomic E-state index is -0.774. The lowest BCUT2D eigenvalue weighted by Gasteiger charge is -2.18. The number of amides is 3. The van der Waals surface area contributed by atoms with Crippen molar-refractivity contribution in [2.45, 2.75) is 51.5 Å². The minimum Gasteiger partial charge on any atom is -0.488 e. The molecule has 2 fully saturated rings. The van der Waals surface area contributed by atoms with Gasteiger partial charge in [0, 0.05) is 23.0 Å². The quantitative estimate of drug-likeness (QED) is 0.509. The number of benzene rings is 1. The molecule has 34 heavy (non-hydrogen) atoms. The monoisotopic (exact) mass is 489 g/mol. The van der Waals surface area contributed by atoms with E-state index in [0.717, 1.165) is 5.92 Å². The fourth-order valence-corrected chi connectivity index (χ4v) is 4.45. The van der Waals surface area contributed by atoms with Gasteiger partial charge in [-0.1, -0.05) is 44.2 Å². The molecule has 3 amide bonds. The van der Waals surface area contributed by atoms with Crippen LogP contribution in [0.2, 0.25) is 5.02 Å². The predicted octanol–water partition coefficient (Wildman–Crippen LogP) is 2.64. The Hall–Kier alpha value is -2.87. The van der Waals surface area contributed by atoms with Crippen molar-refractivity contribution in [3.63, 3.8) is 0 Å². The van der Waals surface area contributed by atoms with E-state index < -0.39 is 17.9 Å². The number of fused-ring (bicyclic) bond motifs is 1. The number of rotatable bonds is 7. The third kappa shape index (κ3) is 7.58. The normalized spacial score (nSPS) is 20.0. The SMILES string of the molecule is CC1CCCC1.O=CC(CC1CCNC1=O)NC(=O)CNC(=O)C1=Cc2cc(Cl)ccc2OC1. The largest absolute Gasteiger partial charge is 0.488 e. The number of carbonyl (C=O) groups excluding carboxylic acids is 4. The maximum absolute atomic E-state index is 12.3. The summed E-state index contributed by atoms with van der Waals surface area (Å²) in [6.07, 6.45) is 9.08. The van der Waals surface area contributed by atoms with E-state index in [4.69, 9.17) is 16.3 Å². The molecule has 2 heterocycles. The molecule has 0 bridgehead atoms. The lowest BCUT2D eigenvalue weighted by molar-refractivity contribution is -0.127. The summed E-state index contributed by atoms with van der Waals surface area (Å²) in [5, 5.41) is 8.24. The number of ether oxygens (including phenoxy) is 1. The highest BCUT2D eigenvalue weighted by molar-refractivity contribution is 6.30. The predicted molar refractivity (Wildman–Crippen MR) is 129 cm³/mol. The average Bonchev–Trinajstić information content (AvgIpc) is 3.47. The smallest absolute Gasteiger partial charge is 0.251 e. The molecule has 1 saturated carbocycles. The van der Waals surface area contributed by atoms with Crippen LogP contribution in [0, 0.1) is 11.8 Å². The molecule has 2 atom stereocenters. The number of aldehydes is 1. The Morgan fingerprint density at radius 1 is 1.26 bits per heavy atom. The van der Waals surface area contributed by atoms with E-state index in [1.165, 1.54) is 25.7 Å². The first-order valence-corrected chi connectivity index (χ1v) is 12.2. The van der Waals surface area contributed by atoms with Gasteiger partial charge < -0.3 is 25.5 Å². The molecular weight excluding hydrogens is 458 g/mol. The number of hydrogen-bond donors (Lipinski definition) is 3. The fraction of sp³-hybridized carbons (Fsp3) is 0.520. The van der Waals surface area contributed by atoms with Crippen LogP contribution in [-0.2, 0) is 19.2 Å². The molecule has 0 aromatic heterocycles. The molecule has 2 unspecified atom stereocenters. The Morgan fingerprint density at radius 3 is 2.65 bits per heavy atom. The Morgan fingerprint density at radius 2 is 2.03 bits per heavy atom. The molecule has 9 heteroatoms. The molecule has 0 spiro atoms. The van der Waals surface area contributed by atoms with Crippen molar-refractivity contribution in [2.24, 2.45) is 11.8 Å². The van der Waals surface area contributed by atoms with E-state index in [-0.39, 0.29) is 31.4 Å². The number of hydrogen-bond acceptors (Lipinski definition) is 5. The molecule has 1 aromatic rings. The van der Waals surface area contributed by atoms with E-state index in [1.807, 2.05) is 0 Å². The van der Waals surface area contributed by atoms with Crippen LogP contribution in [0.4, 0.5) is 0 Å². The van der Waals surface area contributed by atoms with Crippen molar-refractivity contribution < 1.29 is 23.9 Å². The van der Waals surface area contributed by atoms with Gasteiger partial charge in [0.25, 0.3) is 5.91 Å². The second kappa shape index (κ2) is 12.6. The van der Waals surface area contributed by atoms with Gasteiger partial charge in [-0.05, 0) is 43.0 Å². The highest BCUT2D eigenvalue weighted by Crippen LogP contribution is 2.29. The summed E-state index contributed by atoms with van der Waals surface area (Å²) >= 11 is 5.95. The zero-order chi connectivity index (χ0) is 24.5. The number of nitrogens with one attached hydrogen (secondary N) is 3. The van der Waals surface area contributed by atoms with Crippen molar-refractivity contribution >= 4 is 41.7 Å². The molecular formula is C25H32ClN3O5. The number of carbonyl (C=O) groups is 4. The van der Waals surface area contributed by atoms with Crippen LogP contribution in [-0.4, -0.2) is 49.7 Å². The van der Waals surface area contributed by atoms with Crippen LogP contribution in [0.5, 0.6) is 5.75 Å². The molecule has 2 aliphatic heterocycles. The molecule has 1 aliphatic carbocycles. The van der Waals surface area contributed by atoms with E-state index in [0.29, 0.717) is 41.2 Å². The lowest BCUT2D eigenvalue weighted by atomic mass is 9.99. The van der Waals surface area contributed by atoms with Crippen molar-refractivity contribution in [1.29, 1.82) is 0 Å². The third-order valence-electron chi connectivity index (χ3n) is 6.24. The lowest BCUT2D eigenvalue weighted by Crippen LogP contribution is -2.44. The summed E-state index contributed by atoms with van der Waals surface area (Å²) in [5.41, 5.74) is 1.04. The first-order valence-electron chi connectivity index (χ1n) is 11.8. The van der Waals surface area contributed by atoms with Crippen LogP contribution in [0.15, 0.2) is 23.8 Å². The van der Waals surface area contributed by atoms with Crippen LogP contribution in [0.25, 0.3) is 6.08 Å². The van der Waals surface area contributed by atoms with Crippen molar-refractivity contribution in [3.8, 4) is 5.75 Å². The Balaban J connectivity index is 0.000000469. The van der Waals surface area contributed by atoms with Crippen molar-refractivity contribution in [1.82, 2.24) is 16.0 Å². The first-order chi connectivity index (χ1) is 16.4. The van der Waals surface area contributed by atoms with Gasteiger partial charge in [-0.15, -0.1) is 0 Å². The minimum absolute atomic E-state index is 0.0792.